The van der Waals surface area contributed by atoms with Crippen LogP contribution in [0.4, 0.5) is 0 Å². The Morgan fingerprint density at radius 1 is 1.12 bits per heavy atom. The third kappa shape index (κ3) is 3.83. The Morgan fingerprint density at radius 2 is 1.97 bits per heavy atom. The highest BCUT2D eigenvalue weighted by Gasteiger charge is 2.28. The maximum absolute atomic E-state index is 11.5. The van der Waals surface area contributed by atoms with Gasteiger partial charge in [-0.05, 0) is 62.5 Å². The smallest absolute Gasteiger partial charge is 0.335 e. The Labute approximate surface area is 191 Å². The van der Waals surface area contributed by atoms with Crippen LogP contribution in [-0.2, 0) is 17.8 Å². The van der Waals surface area contributed by atoms with Gasteiger partial charge < -0.3 is 23.9 Å². The largest absolute Gasteiger partial charge is 0.478 e. The Kier molecular flexibility index (Phi) is 5.19. The van der Waals surface area contributed by atoms with Crippen LogP contribution in [0.2, 0.25) is 0 Å². The maximum atomic E-state index is 11.5. The van der Waals surface area contributed by atoms with E-state index in [1.54, 1.807) is 12.1 Å². The van der Waals surface area contributed by atoms with Crippen molar-refractivity contribution in [2.75, 3.05) is 26.5 Å². The van der Waals surface area contributed by atoms with E-state index < -0.39 is 5.97 Å². The highest BCUT2D eigenvalue weighted by atomic mass is 16.7. The van der Waals surface area contributed by atoms with Gasteiger partial charge in [-0.2, -0.15) is 0 Å². The SMILES string of the molecule is O=C(O)c1ccc2nc(CN3CCC(c4cccc5c4OCO5)CC3)n(CC3CCO3)c2c1. The average Bonchev–Trinajstić information content (AvgIpc) is 3.40. The first kappa shape index (κ1) is 20.5. The molecule has 172 valence electrons. The molecular formula is C25H27N3O5. The van der Waals surface area contributed by atoms with E-state index in [9.17, 15) is 9.90 Å². The van der Waals surface area contributed by atoms with Crippen molar-refractivity contribution < 1.29 is 24.1 Å². The summed E-state index contributed by atoms with van der Waals surface area (Å²) in [4.78, 5) is 18.8. The Bertz CT molecular complexity index is 1190. The van der Waals surface area contributed by atoms with E-state index in [1.165, 1.54) is 5.56 Å². The van der Waals surface area contributed by atoms with Gasteiger partial charge in [-0.3, -0.25) is 4.90 Å². The molecule has 8 heteroatoms. The number of hydrogen-bond donors (Lipinski definition) is 1. The number of carboxylic acid groups (broad SMARTS) is 1. The van der Waals surface area contributed by atoms with Gasteiger partial charge in [0.15, 0.2) is 11.5 Å². The number of carbonyl (C=O) groups is 1. The summed E-state index contributed by atoms with van der Waals surface area (Å²) in [6.45, 7) is 4.48. The molecule has 2 fully saturated rings. The standard InChI is InChI=1S/C25H27N3O5/c29-25(30)17-4-5-20-21(12-17)28(13-18-8-11-31-18)23(26-20)14-27-9-6-16(7-10-27)19-2-1-3-22-24(19)33-15-32-22/h1-5,12,16,18H,6-11,13-15H2,(H,29,30). The quantitative estimate of drug-likeness (QED) is 0.615. The third-order valence-corrected chi connectivity index (χ3v) is 7.07. The number of para-hydroxylation sites is 1. The van der Waals surface area contributed by atoms with Gasteiger partial charge in [0.1, 0.15) is 5.82 Å². The molecule has 3 aliphatic heterocycles. The lowest BCUT2D eigenvalue weighted by atomic mass is 9.88. The highest BCUT2D eigenvalue weighted by Crippen LogP contribution is 2.42. The van der Waals surface area contributed by atoms with Crippen molar-refractivity contribution in [2.45, 2.75) is 44.4 Å². The molecule has 0 spiro atoms. The average molecular weight is 450 g/mol. The lowest BCUT2D eigenvalue weighted by Gasteiger charge is -2.33. The molecule has 4 heterocycles. The van der Waals surface area contributed by atoms with Gasteiger partial charge in [-0.15, -0.1) is 0 Å². The topological polar surface area (TPSA) is 86.0 Å². The Balaban J connectivity index is 1.21. The summed E-state index contributed by atoms with van der Waals surface area (Å²) in [5.41, 5.74) is 3.24. The van der Waals surface area contributed by atoms with Crippen molar-refractivity contribution in [3.63, 3.8) is 0 Å². The van der Waals surface area contributed by atoms with Crippen LogP contribution in [0.1, 0.15) is 46.9 Å². The number of ether oxygens (including phenoxy) is 3. The van der Waals surface area contributed by atoms with Crippen LogP contribution in [0.15, 0.2) is 36.4 Å². The molecule has 0 radical (unpaired) electrons. The van der Waals surface area contributed by atoms with Crippen molar-refractivity contribution in [3.8, 4) is 11.5 Å². The molecule has 1 N–H and O–H groups in total. The van der Waals surface area contributed by atoms with Gasteiger partial charge >= 0.3 is 5.97 Å². The molecule has 0 saturated carbocycles. The number of benzene rings is 2. The normalized spacial score (nSPS) is 20.8. The first-order valence-electron chi connectivity index (χ1n) is 11.6. The van der Waals surface area contributed by atoms with Crippen LogP contribution in [-0.4, -0.2) is 58.1 Å². The zero-order chi connectivity index (χ0) is 22.4. The summed E-state index contributed by atoms with van der Waals surface area (Å²) in [5, 5.41) is 9.44. The van der Waals surface area contributed by atoms with Crippen LogP contribution in [0.5, 0.6) is 11.5 Å². The number of likely N-dealkylation sites (tertiary alicyclic amines) is 1. The van der Waals surface area contributed by atoms with Gasteiger partial charge in [0, 0.05) is 12.2 Å². The van der Waals surface area contributed by atoms with Gasteiger partial charge in [0.25, 0.3) is 0 Å². The van der Waals surface area contributed by atoms with Crippen LogP contribution in [0.25, 0.3) is 11.0 Å². The van der Waals surface area contributed by atoms with Crippen LogP contribution < -0.4 is 9.47 Å². The fraction of sp³-hybridized carbons (Fsp3) is 0.440. The number of fused-ring (bicyclic) bond motifs is 2. The number of imidazole rings is 1. The monoisotopic (exact) mass is 449 g/mol. The lowest BCUT2D eigenvalue weighted by Crippen LogP contribution is -2.35. The number of carboxylic acids is 1. The number of piperidine rings is 1. The number of nitrogens with zero attached hydrogens (tertiary/aromatic N) is 3. The van der Waals surface area contributed by atoms with Crippen molar-refractivity contribution in [1.29, 1.82) is 0 Å². The molecule has 0 aliphatic carbocycles. The van der Waals surface area contributed by atoms with Gasteiger partial charge in [-0.1, -0.05) is 12.1 Å². The van der Waals surface area contributed by atoms with Gasteiger partial charge in [-0.25, -0.2) is 9.78 Å². The lowest BCUT2D eigenvalue weighted by molar-refractivity contribution is -0.0592. The summed E-state index contributed by atoms with van der Waals surface area (Å²) < 4.78 is 19.1. The molecule has 3 aliphatic rings. The first-order valence-corrected chi connectivity index (χ1v) is 11.6. The molecule has 3 aromatic rings. The minimum Gasteiger partial charge on any atom is -0.478 e. The maximum Gasteiger partial charge on any atom is 0.335 e. The molecule has 1 unspecified atom stereocenters. The minimum atomic E-state index is -0.921. The van der Waals surface area contributed by atoms with E-state index in [4.69, 9.17) is 19.2 Å². The Hall–Kier alpha value is -3.10. The van der Waals surface area contributed by atoms with Crippen LogP contribution in [0, 0.1) is 0 Å². The predicted octanol–water partition coefficient (Wildman–Crippen LogP) is 3.63. The fourth-order valence-corrected chi connectivity index (χ4v) is 5.14. The van der Waals surface area contributed by atoms with E-state index in [2.05, 4.69) is 15.5 Å². The molecule has 6 rings (SSSR count). The summed E-state index contributed by atoms with van der Waals surface area (Å²) >= 11 is 0. The van der Waals surface area contributed by atoms with Crippen molar-refractivity contribution >= 4 is 17.0 Å². The molecule has 2 saturated heterocycles. The van der Waals surface area contributed by atoms with Gasteiger partial charge in [0.05, 0.1) is 35.8 Å². The second kappa shape index (κ2) is 8.35. The number of aromatic nitrogens is 2. The second-order valence-electron chi connectivity index (χ2n) is 9.06. The van der Waals surface area contributed by atoms with Crippen molar-refractivity contribution in [1.82, 2.24) is 14.5 Å². The van der Waals surface area contributed by atoms with E-state index in [1.807, 2.05) is 18.2 Å². The summed E-state index contributed by atoms with van der Waals surface area (Å²) in [6, 6.07) is 11.3. The molecule has 33 heavy (non-hydrogen) atoms. The number of hydrogen-bond acceptors (Lipinski definition) is 6. The molecule has 2 aromatic carbocycles. The predicted molar refractivity (Wildman–Crippen MR) is 121 cm³/mol. The summed E-state index contributed by atoms with van der Waals surface area (Å²) in [7, 11) is 0. The fourth-order valence-electron chi connectivity index (χ4n) is 5.14. The molecule has 1 atom stereocenters. The van der Waals surface area contributed by atoms with E-state index in [-0.39, 0.29) is 11.7 Å². The molecule has 8 nitrogen and oxygen atoms in total. The first-order chi connectivity index (χ1) is 16.2. The second-order valence-corrected chi connectivity index (χ2v) is 9.06. The summed E-state index contributed by atoms with van der Waals surface area (Å²) in [6.07, 6.45) is 3.29. The zero-order valence-electron chi connectivity index (χ0n) is 18.4. The third-order valence-electron chi connectivity index (χ3n) is 7.07. The molecule has 1 aromatic heterocycles. The molecule has 0 amide bonds. The van der Waals surface area contributed by atoms with E-state index >= 15 is 0 Å². The number of aromatic carboxylic acids is 1. The van der Waals surface area contributed by atoms with Gasteiger partial charge in [0.2, 0.25) is 6.79 Å². The molecule has 0 bridgehead atoms. The molecular weight excluding hydrogens is 422 g/mol. The highest BCUT2D eigenvalue weighted by molar-refractivity contribution is 5.92. The van der Waals surface area contributed by atoms with Crippen molar-refractivity contribution in [3.05, 3.63) is 53.3 Å². The van der Waals surface area contributed by atoms with E-state index in [0.29, 0.717) is 19.3 Å². The van der Waals surface area contributed by atoms with E-state index in [0.717, 1.165) is 73.9 Å². The van der Waals surface area contributed by atoms with Crippen LogP contribution >= 0.6 is 0 Å². The zero-order valence-corrected chi connectivity index (χ0v) is 18.4. The minimum absolute atomic E-state index is 0.169. The van der Waals surface area contributed by atoms with Crippen LogP contribution in [0.3, 0.4) is 0 Å². The summed E-state index contributed by atoms with van der Waals surface area (Å²) in [5.74, 6) is 2.27. The number of rotatable bonds is 6. The Morgan fingerprint density at radius 3 is 2.73 bits per heavy atom. The van der Waals surface area contributed by atoms with Crippen molar-refractivity contribution in [2.24, 2.45) is 0 Å².